The summed E-state index contributed by atoms with van der Waals surface area (Å²) in [6.07, 6.45) is -7.41. The number of aliphatic hydroxyl groups is 5. The third kappa shape index (κ3) is 4.24. The molecule has 0 aromatic carbocycles. The van der Waals surface area contributed by atoms with Crippen molar-refractivity contribution >= 4 is 4.68 Å². The third-order valence-electron chi connectivity index (χ3n) is 1.61. The van der Waals surface area contributed by atoms with E-state index in [1.807, 2.05) is 0 Å². The van der Waals surface area contributed by atoms with Gasteiger partial charge in [-0.2, -0.15) is 0 Å². The Morgan fingerprint density at radius 1 is 1.27 bits per heavy atom. The van der Waals surface area contributed by atoms with Gasteiger partial charge in [-0.05, 0) is 0 Å². The number of nitriles is 1. The second-order valence-corrected chi connectivity index (χ2v) is 3.70. The molecule has 0 saturated heterocycles. The molecule has 5 N–H and O–H groups in total. The first-order chi connectivity index (χ1) is 6.95. The van der Waals surface area contributed by atoms with Crippen LogP contribution in [0.25, 0.3) is 0 Å². The summed E-state index contributed by atoms with van der Waals surface area (Å²) in [5.74, 6) is 0. The van der Waals surface area contributed by atoms with Gasteiger partial charge >= 0.3 is 91.2 Å². The Morgan fingerprint density at radius 2 is 1.80 bits per heavy atom. The van der Waals surface area contributed by atoms with Crippen molar-refractivity contribution in [3.05, 3.63) is 0 Å². The van der Waals surface area contributed by atoms with Gasteiger partial charge in [0.05, 0.1) is 0 Å². The zero-order chi connectivity index (χ0) is 12.0. The fourth-order valence-corrected chi connectivity index (χ4v) is 1.22. The Kier molecular flexibility index (Phi) is 6.63. The molecule has 0 fully saturated rings. The fourth-order valence-electron chi connectivity index (χ4n) is 0.744. The first-order valence-electron chi connectivity index (χ1n) is 3.83. The normalized spacial score (nSPS) is 18.9. The molecule has 0 aliphatic heterocycles. The minimum absolute atomic E-state index is 0.611. The molecule has 0 aromatic rings. The summed E-state index contributed by atoms with van der Waals surface area (Å²) in [4.78, 5) is 12.4. The standard InChI is InChI=1S/C6H11O6.CN.Fe/c7-1-3(9)5(11)6(12)4(10)2-8;1-2;/h3-7,9-12H,1H2;;/t3-,4+,5-,6-;;/m1../s1. The Balaban J connectivity index is 4.37. The van der Waals surface area contributed by atoms with E-state index in [-0.39, 0.29) is 0 Å². The van der Waals surface area contributed by atoms with E-state index in [4.69, 9.17) is 25.7 Å². The predicted octanol–water partition coefficient (Wildman–Crippen LogP) is -3.49. The topological polar surface area (TPSA) is 142 Å². The van der Waals surface area contributed by atoms with Crippen LogP contribution in [-0.4, -0.2) is 61.2 Å². The zero-order valence-corrected chi connectivity index (χ0v) is 8.57. The quantitative estimate of drug-likeness (QED) is 0.312. The van der Waals surface area contributed by atoms with Gasteiger partial charge in [-0.25, -0.2) is 0 Å². The van der Waals surface area contributed by atoms with E-state index in [0.717, 1.165) is 0 Å². The maximum absolute atomic E-state index is 10.9. The van der Waals surface area contributed by atoms with Crippen LogP contribution >= 0.6 is 0 Å². The number of hydrogen-bond donors (Lipinski definition) is 5. The summed E-state index contributed by atoms with van der Waals surface area (Å²) >= 11 is -0.611. The molecule has 0 aromatic heterocycles. The second kappa shape index (κ2) is 6.87. The maximum atomic E-state index is 10.9. The summed E-state index contributed by atoms with van der Waals surface area (Å²) in [7, 11) is 0. The number of aliphatic hydroxyl groups excluding tert-OH is 5. The van der Waals surface area contributed by atoms with Crippen molar-refractivity contribution in [1.29, 1.82) is 5.26 Å². The van der Waals surface area contributed by atoms with E-state index < -0.39 is 50.7 Å². The van der Waals surface area contributed by atoms with Crippen molar-refractivity contribution < 1.29 is 45.3 Å². The van der Waals surface area contributed by atoms with Crippen LogP contribution in [0.2, 0.25) is 0 Å². The van der Waals surface area contributed by atoms with Gasteiger partial charge in [0.15, 0.2) is 0 Å². The summed E-state index contributed by atoms with van der Waals surface area (Å²) in [6, 6.07) is 0. The minimum atomic E-state index is -1.96. The zero-order valence-electron chi connectivity index (χ0n) is 7.46. The fraction of sp³-hybridized carbons (Fsp3) is 0.714. The molecule has 0 bridgehead atoms. The molecule has 0 heterocycles. The molecule has 0 radical (unpaired) electrons. The molecule has 88 valence electrons. The van der Waals surface area contributed by atoms with Gasteiger partial charge in [-0.15, -0.1) is 0 Å². The van der Waals surface area contributed by atoms with Crippen LogP contribution in [0.1, 0.15) is 0 Å². The molecule has 8 heteroatoms. The first-order valence-corrected chi connectivity index (χ1v) is 4.93. The average molecular weight is 261 g/mol. The molecule has 15 heavy (non-hydrogen) atoms. The van der Waals surface area contributed by atoms with E-state index in [2.05, 4.69) is 0 Å². The van der Waals surface area contributed by atoms with Crippen molar-refractivity contribution in [2.75, 3.05) is 6.61 Å². The van der Waals surface area contributed by atoms with Crippen LogP contribution in [0.3, 0.4) is 0 Å². The molecular formula is C7H11FeNO6. The van der Waals surface area contributed by atoms with Crippen molar-refractivity contribution in [2.45, 2.75) is 24.4 Å². The summed E-state index contributed by atoms with van der Waals surface area (Å²) in [5.41, 5.74) is 0. The molecule has 0 aliphatic carbocycles. The van der Waals surface area contributed by atoms with Crippen molar-refractivity contribution in [1.82, 2.24) is 0 Å². The molecule has 0 rings (SSSR count). The van der Waals surface area contributed by atoms with Crippen LogP contribution in [-0.2, 0) is 19.8 Å². The molecule has 0 saturated carbocycles. The number of carbonyl (C=O) groups is 1. The Morgan fingerprint density at radius 3 is 2.20 bits per heavy atom. The van der Waals surface area contributed by atoms with Gasteiger partial charge in [-0.3, -0.25) is 0 Å². The van der Waals surface area contributed by atoms with Gasteiger partial charge in [0, 0.05) is 0 Å². The summed E-state index contributed by atoms with van der Waals surface area (Å²) < 4.78 is -0.964. The monoisotopic (exact) mass is 261 g/mol. The van der Waals surface area contributed by atoms with Gasteiger partial charge in [0.25, 0.3) is 0 Å². The Labute approximate surface area is 91.7 Å². The molecule has 0 amide bonds. The van der Waals surface area contributed by atoms with Gasteiger partial charge in [0.1, 0.15) is 0 Å². The molecule has 7 nitrogen and oxygen atoms in total. The van der Waals surface area contributed by atoms with Crippen LogP contribution in [0.15, 0.2) is 0 Å². The number of carbonyl (C=O) groups excluding carboxylic acids is 1. The first kappa shape index (κ1) is 14.5. The van der Waals surface area contributed by atoms with Crippen molar-refractivity contribution in [3.8, 4) is 4.97 Å². The number of nitrogens with zero attached hydrogens (tertiary/aromatic N) is 1. The van der Waals surface area contributed by atoms with E-state index >= 15 is 0 Å². The number of rotatable bonds is 6. The average Bonchev–Trinajstić information content (AvgIpc) is 2.25. The molecule has 0 aliphatic rings. The molecule has 0 spiro atoms. The Hall–Kier alpha value is -0.521. The van der Waals surface area contributed by atoms with Gasteiger partial charge < -0.3 is 0 Å². The molecule has 4 atom stereocenters. The SMILES string of the molecule is N#[C][Fe][C](=O)[C@H](O)[C@@H](O)[C@H](O)[C@H](O)CO. The van der Waals surface area contributed by atoms with Crippen LogP contribution < -0.4 is 0 Å². The number of hydrogen-bond acceptors (Lipinski definition) is 7. The van der Waals surface area contributed by atoms with E-state index in [1.165, 1.54) is 4.97 Å². The summed E-state index contributed by atoms with van der Waals surface area (Å²) in [5, 5.41) is 52.9. The summed E-state index contributed by atoms with van der Waals surface area (Å²) in [6.45, 7) is -0.822. The molecular weight excluding hydrogens is 250 g/mol. The van der Waals surface area contributed by atoms with Gasteiger partial charge in [-0.1, -0.05) is 0 Å². The van der Waals surface area contributed by atoms with Crippen LogP contribution in [0, 0.1) is 10.2 Å². The van der Waals surface area contributed by atoms with Gasteiger partial charge in [0.2, 0.25) is 0 Å². The van der Waals surface area contributed by atoms with Crippen molar-refractivity contribution in [2.24, 2.45) is 0 Å². The van der Waals surface area contributed by atoms with E-state index in [9.17, 15) is 9.90 Å². The Bertz CT molecular complexity index is 254. The van der Waals surface area contributed by atoms with E-state index in [1.54, 1.807) is 0 Å². The van der Waals surface area contributed by atoms with Crippen molar-refractivity contribution in [3.63, 3.8) is 0 Å². The molecule has 0 unspecified atom stereocenters. The van der Waals surface area contributed by atoms with Crippen LogP contribution in [0.5, 0.6) is 0 Å². The predicted molar refractivity (Wildman–Crippen MR) is 41.7 cm³/mol. The van der Waals surface area contributed by atoms with Crippen LogP contribution in [0.4, 0.5) is 0 Å². The second-order valence-electron chi connectivity index (χ2n) is 2.64. The third-order valence-corrected chi connectivity index (χ3v) is 2.33. The van der Waals surface area contributed by atoms with E-state index in [0.29, 0.717) is 0 Å².